The van der Waals surface area contributed by atoms with Gasteiger partial charge in [0, 0.05) is 0 Å². The van der Waals surface area contributed by atoms with Crippen molar-refractivity contribution in [2.45, 2.75) is 30.5 Å². The molecule has 8 heavy (non-hydrogen) atoms. The molecule has 0 bridgehead atoms. The first-order valence-electron chi connectivity index (χ1n) is 2.79. The number of hydrogen-bond acceptors (Lipinski definition) is 0. The van der Waals surface area contributed by atoms with Crippen LogP contribution in [0.4, 0.5) is 0 Å². The van der Waals surface area contributed by atoms with Crippen LogP contribution in [0.2, 0.25) is 0 Å². The van der Waals surface area contributed by atoms with E-state index in [0.29, 0.717) is 0 Å². The van der Waals surface area contributed by atoms with Gasteiger partial charge in [0.25, 0.3) is 0 Å². The fourth-order valence-corrected chi connectivity index (χ4v) is 0.703. The highest BCUT2D eigenvalue weighted by molar-refractivity contribution is 6.48. The van der Waals surface area contributed by atoms with Crippen LogP contribution in [-0.4, -0.2) is 4.33 Å². The first-order valence-corrected chi connectivity index (χ1v) is 3.55. The third-order valence-electron chi connectivity index (χ3n) is 0.896. The molecule has 0 saturated heterocycles. The maximum Gasteiger partial charge on any atom is 0.118 e. The maximum absolute atomic E-state index is 5.57. The van der Waals surface area contributed by atoms with Crippen LogP contribution in [0.1, 0.15) is 26.2 Å². The van der Waals surface area contributed by atoms with Gasteiger partial charge in [-0.15, -0.1) is 23.2 Å². The normalized spacial score (nSPS) is 12.0. The summed E-state index contributed by atoms with van der Waals surface area (Å²) in [5.41, 5.74) is 0. The summed E-state index contributed by atoms with van der Waals surface area (Å²) in [6.45, 7) is 5.64. The van der Waals surface area contributed by atoms with Crippen molar-refractivity contribution in [3.63, 3.8) is 0 Å². The molecule has 0 spiro atoms. The Kier molecular flexibility index (Phi) is 3.84. The third-order valence-corrected chi connectivity index (χ3v) is 1.27. The summed E-state index contributed by atoms with van der Waals surface area (Å²) < 4.78 is -0.754. The molecule has 0 aliphatic rings. The van der Waals surface area contributed by atoms with E-state index in [1.807, 2.05) is 0 Å². The van der Waals surface area contributed by atoms with Gasteiger partial charge < -0.3 is 0 Å². The van der Waals surface area contributed by atoms with Crippen LogP contribution in [-0.2, 0) is 0 Å². The van der Waals surface area contributed by atoms with Gasteiger partial charge in [-0.3, -0.25) is 0 Å². The van der Waals surface area contributed by atoms with Crippen molar-refractivity contribution in [1.29, 1.82) is 0 Å². The lowest BCUT2D eigenvalue weighted by Gasteiger charge is -2.10. The third kappa shape index (κ3) is 6.58. The number of alkyl halides is 2. The number of rotatable bonds is 3. The molecule has 0 amide bonds. The molecule has 0 aliphatic heterocycles. The molecular weight excluding hydrogens is 143 g/mol. The van der Waals surface area contributed by atoms with E-state index in [9.17, 15) is 0 Å². The highest BCUT2D eigenvalue weighted by Gasteiger charge is 2.14. The lowest BCUT2D eigenvalue weighted by molar-refractivity contribution is 0.702. The quantitative estimate of drug-likeness (QED) is 0.547. The largest absolute Gasteiger partial charge is 0.118 e. The van der Waals surface area contributed by atoms with Gasteiger partial charge in [-0.05, 0) is 13.3 Å². The molecule has 0 N–H and O–H groups in total. The van der Waals surface area contributed by atoms with Crippen LogP contribution >= 0.6 is 23.2 Å². The molecule has 0 atom stereocenters. The molecule has 0 aromatic carbocycles. The van der Waals surface area contributed by atoms with Crippen LogP contribution < -0.4 is 0 Å². The topological polar surface area (TPSA) is 0 Å². The van der Waals surface area contributed by atoms with Crippen molar-refractivity contribution in [3.05, 3.63) is 6.92 Å². The average Bonchev–Trinajstić information content (AvgIpc) is 1.59. The number of unbranched alkanes of at least 4 members (excludes halogenated alkanes) is 1. The first kappa shape index (κ1) is 8.58. The molecule has 2 heteroatoms. The standard InChI is InChI=1S/C6H11Cl2/c1-3-4-5-6(2,7)8/h2-5H2,1H3. The molecule has 0 rings (SSSR count). The Morgan fingerprint density at radius 2 is 2.00 bits per heavy atom. The summed E-state index contributed by atoms with van der Waals surface area (Å²) in [7, 11) is 0. The van der Waals surface area contributed by atoms with Gasteiger partial charge in [-0.2, -0.15) is 0 Å². The molecular formula is C6H11Cl2. The van der Waals surface area contributed by atoms with Gasteiger partial charge in [0.05, 0.1) is 0 Å². The Labute approximate surface area is 61.2 Å². The SMILES string of the molecule is [CH2]C(Cl)(Cl)CCCC. The maximum atomic E-state index is 5.57. The fraction of sp³-hybridized carbons (Fsp3) is 0.833. The fourth-order valence-electron chi connectivity index (χ4n) is 0.435. The Hall–Kier alpha value is 0.580. The minimum atomic E-state index is -0.754. The van der Waals surface area contributed by atoms with Crippen LogP contribution in [0.15, 0.2) is 0 Å². The van der Waals surface area contributed by atoms with E-state index < -0.39 is 4.33 Å². The second kappa shape index (κ2) is 3.58. The Morgan fingerprint density at radius 1 is 1.50 bits per heavy atom. The second-order valence-electron chi connectivity index (χ2n) is 1.96. The predicted molar refractivity (Wildman–Crippen MR) is 39.3 cm³/mol. The van der Waals surface area contributed by atoms with Crippen LogP contribution in [0.25, 0.3) is 0 Å². The van der Waals surface area contributed by atoms with Crippen molar-refractivity contribution in [2.24, 2.45) is 0 Å². The molecule has 0 aliphatic carbocycles. The molecule has 0 heterocycles. The van der Waals surface area contributed by atoms with E-state index in [-0.39, 0.29) is 0 Å². The number of halogens is 2. The summed E-state index contributed by atoms with van der Waals surface area (Å²) in [6, 6.07) is 0. The smallest absolute Gasteiger partial charge is 0.102 e. The second-order valence-corrected chi connectivity index (χ2v) is 3.60. The minimum absolute atomic E-state index is 0.754. The molecule has 0 fully saturated rings. The summed E-state index contributed by atoms with van der Waals surface area (Å²) in [5.74, 6) is 0. The van der Waals surface area contributed by atoms with Gasteiger partial charge in [0.15, 0.2) is 0 Å². The highest BCUT2D eigenvalue weighted by Crippen LogP contribution is 2.25. The van der Waals surface area contributed by atoms with E-state index in [2.05, 4.69) is 13.8 Å². The van der Waals surface area contributed by atoms with Crippen LogP contribution in [0, 0.1) is 6.92 Å². The lowest BCUT2D eigenvalue weighted by Crippen LogP contribution is -2.04. The summed E-state index contributed by atoms with van der Waals surface area (Å²) in [6.07, 6.45) is 2.96. The Morgan fingerprint density at radius 3 is 2.12 bits per heavy atom. The zero-order valence-electron chi connectivity index (χ0n) is 5.08. The summed E-state index contributed by atoms with van der Waals surface area (Å²) in [5, 5.41) is 0. The molecule has 0 aromatic heterocycles. The summed E-state index contributed by atoms with van der Waals surface area (Å²) in [4.78, 5) is 0. The predicted octanol–water partition coefficient (Wildman–Crippen LogP) is 3.18. The van der Waals surface area contributed by atoms with Crippen molar-refractivity contribution < 1.29 is 0 Å². The number of hydrogen-bond donors (Lipinski definition) is 0. The van der Waals surface area contributed by atoms with Gasteiger partial charge >= 0.3 is 0 Å². The Bertz CT molecular complexity index is 54.0. The van der Waals surface area contributed by atoms with Crippen molar-refractivity contribution >= 4 is 23.2 Å². The Balaban J connectivity index is 3.11. The van der Waals surface area contributed by atoms with E-state index in [4.69, 9.17) is 23.2 Å². The van der Waals surface area contributed by atoms with Crippen LogP contribution in [0.3, 0.4) is 0 Å². The molecule has 0 aromatic rings. The van der Waals surface area contributed by atoms with Gasteiger partial charge in [0.1, 0.15) is 4.33 Å². The monoisotopic (exact) mass is 153 g/mol. The van der Waals surface area contributed by atoms with Crippen molar-refractivity contribution in [1.82, 2.24) is 0 Å². The summed E-state index contributed by atoms with van der Waals surface area (Å²) >= 11 is 11.1. The van der Waals surface area contributed by atoms with E-state index in [0.717, 1.165) is 19.3 Å². The minimum Gasteiger partial charge on any atom is -0.102 e. The zero-order valence-corrected chi connectivity index (χ0v) is 6.60. The highest BCUT2D eigenvalue weighted by atomic mass is 35.5. The van der Waals surface area contributed by atoms with Crippen molar-refractivity contribution in [3.8, 4) is 0 Å². The van der Waals surface area contributed by atoms with Gasteiger partial charge in [-0.1, -0.05) is 19.8 Å². The molecule has 0 saturated carbocycles. The van der Waals surface area contributed by atoms with E-state index in [1.54, 1.807) is 0 Å². The average molecular weight is 154 g/mol. The lowest BCUT2D eigenvalue weighted by atomic mass is 10.2. The van der Waals surface area contributed by atoms with E-state index >= 15 is 0 Å². The molecule has 49 valence electrons. The zero-order chi connectivity index (χ0) is 6.62. The first-order chi connectivity index (χ1) is 3.56. The van der Waals surface area contributed by atoms with Crippen LogP contribution in [0.5, 0.6) is 0 Å². The molecule has 0 nitrogen and oxygen atoms in total. The van der Waals surface area contributed by atoms with E-state index in [1.165, 1.54) is 0 Å². The molecule has 1 radical (unpaired) electrons. The van der Waals surface area contributed by atoms with Crippen molar-refractivity contribution in [2.75, 3.05) is 0 Å². The van der Waals surface area contributed by atoms with Gasteiger partial charge in [-0.25, -0.2) is 0 Å². The molecule has 0 unspecified atom stereocenters. The van der Waals surface area contributed by atoms with Gasteiger partial charge in [0.2, 0.25) is 0 Å².